The lowest BCUT2D eigenvalue weighted by atomic mass is 9.92. The van der Waals surface area contributed by atoms with E-state index in [2.05, 4.69) is 201 Å². The summed E-state index contributed by atoms with van der Waals surface area (Å²) in [6.45, 7) is 31.4. The summed E-state index contributed by atoms with van der Waals surface area (Å²) >= 11 is 0. The molecule has 0 aliphatic carbocycles. The highest BCUT2D eigenvalue weighted by molar-refractivity contribution is 6.11. The number of hydrogen-bond donors (Lipinski definition) is 12. The predicted octanol–water partition coefficient (Wildman–Crippen LogP) is 12.0. The lowest BCUT2D eigenvalue weighted by Gasteiger charge is -2.32. The number of morpholine rings is 4. The molecule has 6 aliphatic rings. The van der Waals surface area contributed by atoms with E-state index in [4.69, 9.17) is 43.2 Å². The summed E-state index contributed by atoms with van der Waals surface area (Å²) in [7, 11) is 1.77. The van der Waals surface area contributed by atoms with Gasteiger partial charge in [0.15, 0.2) is 23.3 Å². The molecular formula is C98H115N31O11. The van der Waals surface area contributed by atoms with Crippen LogP contribution in [0.1, 0.15) is 116 Å². The van der Waals surface area contributed by atoms with E-state index in [0.717, 1.165) is 207 Å². The first-order valence-corrected chi connectivity index (χ1v) is 47.4. The van der Waals surface area contributed by atoms with Crippen LogP contribution in [0.15, 0.2) is 151 Å². The van der Waals surface area contributed by atoms with Crippen LogP contribution in [-0.4, -0.2) is 297 Å². The number of carbonyl (C=O) groups is 5. The van der Waals surface area contributed by atoms with Crippen molar-refractivity contribution in [2.45, 2.75) is 104 Å². The van der Waals surface area contributed by atoms with Crippen LogP contribution in [0.5, 0.6) is 0 Å². The molecule has 728 valence electrons. The first-order chi connectivity index (χ1) is 68.0. The number of rotatable bonds is 21. The second-order valence-electron chi connectivity index (χ2n) is 37.7. The highest BCUT2D eigenvalue weighted by atomic mass is 16.6. The number of aromatic amines is 8. The van der Waals surface area contributed by atoms with E-state index in [0.29, 0.717) is 117 Å². The molecule has 0 atom stereocenters. The van der Waals surface area contributed by atoms with E-state index in [1.54, 1.807) is 72.0 Å². The Hall–Kier alpha value is -14.8. The third kappa shape index (κ3) is 22.8. The minimum Gasteiger partial charge on any atom is -0.444 e. The van der Waals surface area contributed by atoms with Gasteiger partial charge in [0.25, 0.3) is 11.8 Å². The number of aryl methyl sites for hydroxylation is 1. The summed E-state index contributed by atoms with van der Waals surface area (Å²) < 4.78 is 34.1. The summed E-state index contributed by atoms with van der Waals surface area (Å²) in [6, 6.07) is 35.9. The maximum atomic E-state index is 13.1. The van der Waals surface area contributed by atoms with Gasteiger partial charge in [-0.05, 0) is 142 Å². The van der Waals surface area contributed by atoms with Gasteiger partial charge in [0.1, 0.15) is 39.6 Å². The first kappa shape index (κ1) is 94.2. The predicted molar refractivity (Wildman–Crippen MR) is 526 cm³/mol. The average molecular weight is 1900 g/mol. The Labute approximate surface area is 804 Å². The standard InChI is InChI=1S/C26H35N7O4.C25H29N9O2.C24H30N8O2.C23H21N7O3/c1-26(2,3)37-25(35)33-8-6-18(7-9-33)24(34)30-21-15-27-31-22(21)23-28-19-5-4-17(14-20(19)29-23)16-32-10-12-36-13-11-32;35-24(18-4-8-34(9-5-18)25-26-6-1-7-27-25)31-21-15-28-32-22(21)23-29-19-3-2-17(14-20(19)30-23)16-33-10-12-36-13-11-33;1-24(2,3)20-12-19(31(4)30-20)23(33)28-18-13-25-29-21(18)22-26-16-6-5-15(11-17(16)27-22)14-32-7-9-34-10-8-32;31-23(21-15-3-1-2-4-16(15)29-33-21)27-19-12-24-28-20(19)22-25-17-6-5-14(11-18(17)26-22)13-30-7-9-32-10-8-30/h4-5,14-15,18H,6-13,16H2,1-3H3,(H,27,31)(H,28,29)(H,30,34);1-3,6-7,14-15,18H,4-5,8-13,16H2,(H,28,32)(H,29,30)(H,31,35);5-6,11-13H,7-10,14H2,1-4H3,(H,25,29)(H,26,27)(H,28,33);1-6,11-12H,7-10,13H2,(H,24,28)(H,25,26)(H,27,31). The highest BCUT2D eigenvalue weighted by Gasteiger charge is 2.34. The number of ether oxygens (including phenoxy) is 5. The van der Waals surface area contributed by atoms with Gasteiger partial charge in [-0.25, -0.2) is 34.7 Å². The number of fused-ring (bicyclic) bond motifs is 5. The maximum Gasteiger partial charge on any atom is 0.410 e. The van der Waals surface area contributed by atoms with E-state index < -0.39 is 11.5 Å². The van der Waals surface area contributed by atoms with Crippen LogP contribution >= 0.6 is 0 Å². The number of imidazole rings is 4. The van der Waals surface area contributed by atoms with Crippen molar-refractivity contribution < 1.29 is 52.2 Å². The van der Waals surface area contributed by atoms with Crippen LogP contribution in [0.3, 0.4) is 0 Å². The number of nitrogens with zero attached hydrogens (tertiary/aromatic N) is 19. The van der Waals surface area contributed by atoms with Crippen molar-refractivity contribution in [3.8, 4) is 46.1 Å². The zero-order valence-electron chi connectivity index (χ0n) is 79.3. The van der Waals surface area contributed by atoms with Gasteiger partial charge in [-0.3, -0.25) is 63.9 Å². The number of anilines is 5. The fraction of sp³-hybridized carbons (Fsp3) is 0.398. The van der Waals surface area contributed by atoms with Crippen molar-refractivity contribution in [3.63, 3.8) is 0 Å². The van der Waals surface area contributed by atoms with E-state index in [-0.39, 0.29) is 46.8 Å². The van der Waals surface area contributed by atoms with Crippen LogP contribution in [0, 0.1) is 11.8 Å². The zero-order valence-corrected chi connectivity index (χ0v) is 79.3. The molecule has 6 saturated heterocycles. The van der Waals surface area contributed by atoms with Gasteiger partial charge in [0.2, 0.25) is 23.5 Å². The van der Waals surface area contributed by atoms with Crippen LogP contribution < -0.4 is 26.2 Å². The summed E-state index contributed by atoms with van der Waals surface area (Å²) in [5.74, 6) is 2.31. The number of piperidine rings is 2. The van der Waals surface area contributed by atoms with Crippen molar-refractivity contribution in [1.82, 2.24) is 130 Å². The molecular weight excluding hydrogens is 1790 g/mol. The molecule has 22 rings (SSSR count). The van der Waals surface area contributed by atoms with Crippen LogP contribution in [0.2, 0.25) is 0 Å². The molecule has 6 fully saturated rings. The Morgan fingerprint density at radius 3 is 1.16 bits per heavy atom. The average Bonchev–Trinajstić information content (AvgIpc) is 1.64. The molecule has 0 saturated carbocycles. The molecule has 0 radical (unpaired) electrons. The van der Waals surface area contributed by atoms with Crippen molar-refractivity contribution >= 4 is 113 Å². The molecule has 5 aromatic carbocycles. The van der Waals surface area contributed by atoms with E-state index in [9.17, 15) is 24.0 Å². The second-order valence-corrected chi connectivity index (χ2v) is 37.7. The molecule has 5 amide bonds. The molecule has 16 aromatic rings. The highest BCUT2D eigenvalue weighted by Crippen LogP contribution is 2.35. The number of aromatic nitrogens is 21. The second kappa shape index (κ2) is 42.3. The third-order valence-electron chi connectivity index (χ3n) is 25.4. The molecule has 12 N–H and O–H groups in total. The van der Waals surface area contributed by atoms with Gasteiger partial charge in [-0.1, -0.05) is 62.3 Å². The topological polar surface area (TPSA) is 498 Å². The quantitative estimate of drug-likeness (QED) is 0.0318. The zero-order chi connectivity index (χ0) is 96.4. The Morgan fingerprint density at radius 1 is 0.421 bits per heavy atom. The molecule has 11 aromatic heterocycles. The minimum atomic E-state index is -0.538. The monoisotopic (exact) mass is 1900 g/mol. The number of H-pyrrole nitrogens is 8. The molecule has 42 heteroatoms. The van der Waals surface area contributed by atoms with Gasteiger partial charge in [-0.2, -0.15) is 25.5 Å². The summed E-state index contributed by atoms with van der Waals surface area (Å²) in [5, 5.41) is 49.3. The van der Waals surface area contributed by atoms with Gasteiger partial charge in [0, 0.05) is 141 Å². The smallest absolute Gasteiger partial charge is 0.410 e. The number of amides is 5. The van der Waals surface area contributed by atoms with Gasteiger partial charge in [0.05, 0.1) is 156 Å². The Bertz CT molecular complexity index is 6980. The molecule has 17 heterocycles. The van der Waals surface area contributed by atoms with Crippen molar-refractivity contribution in [2.75, 3.05) is 158 Å². The number of benzene rings is 5. The fourth-order valence-corrected chi connectivity index (χ4v) is 17.8. The molecule has 0 bridgehead atoms. The van der Waals surface area contributed by atoms with E-state index in [1.165, 1.54) is 22.3 Å². The molecule has 0 spiro atoms. The van der Waals surface area contributed by atoms with Crippen molar-refractivity contribution in [1.29, 1.82) is 0 Å². The lowest BCUT2D eigenvalue weighted by Crippen LogP contribution is -2.43. The maximum absolute atomic E-state index is 13.1. The Morgan fingerprint density at radius 2 is 0.786 bits per heavy atom. The summed E-state index contributed by atoms with van der Waals surface area (Å²) in [5.41, 5.74) is 18.1. The minimum absolute atomic E-state index is 0.00446. The Balaban J connectivity index is 0.000000119. The van der Waals surface area contributed by atoms with Gasteiger partial charge < -0.3 is 79.2 Å². The van der Waals surface area contributed by atoms with E-state index >= 15 is 0 Å². The molecule has 42 nitrogen and oxygen atoms in total. The number of hydrogen-bond acceptors (Lipinski definition) is 28. The lowest BCUT2D eigenvalue weighted by molar-refractivity contribution is -0.121. The molecule has 140 heavy (non-hydrogen) atoms. The van der Waals surface area contributed by atoms with Crippen LogP contribution in [0.4, 0.5) is 33.5 Å². The largest absolute Gasteiger partial charge is 0.444 e. The van der Waals surface area contributed by atoms with Crippen molar-refractivity contribution in [3.05, 3.63) is 186 Å². The SMILES string of the molecule is CC(C)(C)OC(=O)N1CCC(C(=O)Nc2cn[nH]c2-c2nc3ccc(CN4CCOCC4)cc3[nH]2)CC1.Cn1nc(C(C)(C)C)cc1C(=O)Nc1cn[nH]c1-c1nc2ccc(CN3CCOCC3)cc2[nH]1.O=C(Nc1cn[nH]c1-c1nc2ccc(CN3CCOCC3)cc2[nH]1)C1CCN(c2ncccn2)CC1.O=C(Nc1cn[nH]c1-c1nc2ccc(CN3CCOCC3)cc2[nH]1)c1onc2ccccc12. The third-order valence-corrected chi connectivity index (χ3v) is 25.4. The Kier molecular flexibility index (Phi) is 28.4. The number of carbonyl (C=O) groups excluding carboxylic acids is 5. The number of likely N-dealkylation sites (tertiary alicyclic amines) is 1. The first-order valence-electron chi connectivity index (χ1n) is 47.4. The van der Waals surface area contributed by atoms with Gasteiger partial charge in [-0.15, -0.1) is 0 Å². The molecule has 6 aliphatic heterocycles. The number of nitrogens with one attached hydrogen (secondary N) is 12. The fourth-order valence-electron chi connectivity index (χ4n) is 17.8. The van der Waals surface area contributed by atoms with Crippen molar-refractivity contribution in [2.24, 2.45) is 18.9 Å². The van der Waals surface area contributed by atoms with Gasteiger partial charge >= 0.3 is 6.09 Å². The van der Waals surface area contributed by atoms with E-state index in [1.807, 2.05) is 63.2 Å². The molecule has 0 unspecified atom stereocenters. The summed E-state index contributed by atoms with van der Waals surface area (Å²) in [4.78, 5) is 118. The normalized spacial score (nSPS) is 16.4. The summed E-state index contributed by atoms with van der Waals surface area (Å²) in [6.07, 6.45) is 12.2. The van der Waals surface area contributed by atoms with Crippen LogP contribution in [-0.2, 0) is 71.9 Å². The van der Waals surface area contributed by atoms with Crippen LogP contribution in [0.25, 0.3) is 101 Å².